The van der Waals surface area contributed by atoms with E-state index in [0.29, 0.717) is 24.1 Å². The summed E-state index contributed by atoms with van der Waals surface area (Å²) in [7, 11) is 0. The van der Waals surface area contributed by atoms with E-state index in [4.69, 9.17) is 0 Å². The van der Waals surface area contributed by atoms with Crippen LogP contribution in [0.3, 0.4) is 0 Å². The van der Waals surface area contributed by atoms with Crippen molar-refractivity contribution >= 4 is 11.8 Å². The molecule has 3 aliphatic rings. The minimum atomic E-state index is -4.41. The van der Waals surface area contributed by atoms with E-state index in [0.717, 1.165) is 49.9 Å². The number of carbonyl (C=O) groups is 2. The van der Waals surface area contributed by atoms with Gasteiger partial charge in [-0.25, -0.2) is 0 Å². The Hall–Kier alpha value is -4.11. The van der Waals surface area contributed by atoms with E-state index in [1.807, 2.05) is 101 Å². The number of allylic oxidation sites excluding steroid dienone is 10. The molecular formula is C39H49F3N4O2. The van der Waals surface area contributed by atoms with Gasteiger partial charge in [-0.1, -0.05) is 92.3 Å². The highest BCUT2D eigenvalue weighted by molar-refractivity contribution is 5.97. The molecule has 6 nitrogen and oxygen atoms in total. The number of nitrogens with one attached hydrogen (secondary N) is 2. The standard InChI is InChI=1S/C39H49F3N4O2/c1-6-8-9-10-13-34(36(48)43-23-7-2)46-26-24-45(25-27-46)31-12-11-19-38(5,22-18-31)44-35(47)32-15-14-29(3)28-33(32)37(4)20-16-30(17-21-37)39(40,41)42/h6,8-12,14-20,22,28,34H,7,13,21,23-27H2,1-5H3,(H,43,48)(H,44,47)/b8-6-,10-9-. The quantitative estimate of drug-likeness (QED) is 0.246. The van der Waals surface area contributed by atoms with E-state index in [-0.39, 0.29) is 24.3 Å². The van der Waals surface area contributed by atoms with E-state index >= 15 is 0 Å². The van der Waals surface area contributed by atoms with E-state index in [9.17, 15) is 22.8 Å². The molecule has 0 saturated carbocycles. The molecule has 0 spiro atoms. The molecule has 0 bridgehead atoms. The fraction of sp³-hybridized carbons (Fsp3) is 0.436. The van der Waals surface area contributed by atoms with Gasteiger partial charge in [0.25, 0.3) is 5.91 Å². The average molecular weight is 663 g/mol. The second-order valence-corrected chi connectivity index (χ2v) is 13.2. The van der Waals surface area contributed by atoms with E-state index in [1.165, 1.54) is 6.08 Å². The minimum absolute atomic E-state index is 0.0613. The van der Waals surface area contributed by atoms with Gasteiger partial charge >= 0.3 is 6.18 Å². The molecule has 4 rings (SSSR count). The number of rotatable bonds is 11. The van der Waals surface area contributed by atoms with Gasteiger partial charge in [0.05, 0.1) is 17.2 Å². The predicted octanol–water partition coefficient (Wildman–Crippen LogP) is 7.23. The van der Waals surface area contributed by atoms with Gasteiger partial charge in [0.1, 0.15) is 0 Å². The Morgan fingerprint density at radius 1 is 1.04 bits per heavy atom. The average Bonchev–Trinajstić information content (AvgIpc) is 3.24. The van der Waals surface area contributed by atoms with Crippen molar-refractivity contribution in [3.05, 3.63) is 119 Å². The van der Waals surface area contributed by atoms with Crippen molar-refractivity contribution in [2.75, 3.05) is 32.7 Å². The monoisotopic (exact) mass is 662 g/mol. The van der Waals surface area contributed by atoms with Gasteiger partial charge in [0, 0.05) is 49.4 Å². The Labute approximate surface area is 283 Å². The second-order valence-electron chi connectivity index (χ2n) is 13.2. The molecule has 0 aromatic heterocycles. The van der Waals surface area contributed by atoms with Crippen LogP contribution in [0.25, 0.3) is 0 Å². The maximum atomic E-state index is 13.8. The smallest absolute Gasteiger partial charge is 0.369 e. The maximum Gasteiger partial charge on any atom is 0.416 e. The van der Waals surface area contributed by atoms with Crippen LogP contribution in [0, 0.1) is 6.92 Å². The zero-order chi connectivity index (χ0) is 35.0. The number of alkyl halides is 3. The lowest BCUT2D eigenvalue weighted by atomic mass is 9.73. The predicted molar refractivity (Wildman–Crippen MR) is 187 cm³/mol. The summed E-state index contributed by atoms with van der Waals surface area (Å²) in [5.41, 5.74) is 0.841. The zero-order valence-electron chi connectivity index (χ0n) is 28.7. The molecule has 1 aromatic carbocycles. The van der Waals surface area contributed by atoms with Crippen LogP contribution in [0.2, 0.25) is 0 Å². The lowest BCUT2D eigenvalue weighted by molar-refractivity contribution is -0.127. The molecular weight excluding hydrogens is 613 g/mol. The maximum absolute atomic E-state index is 13.8. The van der Waals surface area contributed by atoms with Crippen LogP contribution in [0.15, 0.2) is 102 Å². The Morgan fingerprint density at radius 3 is 2.44 bits per heavy atom. The zero-order valence-corrected chi connectivity index (χ0v) is 28.7. The SMILES string of the molecule is C/C=C\C=C/CC(C(=O)NCCC)N1CCN(C2=CC=CC(C)(NC(=O)c3ccc(C)cc3C3(C)C=CC(C(F)(F)F)=CC3)C=C2)CC1. The fourth-order valence-electron chi connectivity index (χ4n) is 6.27. The number of hydrogen-bond acceptors (Lipinski definition) is 4. The molecule has 1 heterocycles. The van der Waals surface area contributed by atoms with Gasteiger partial charge in [-0.2, -0.15) is 13.2 Å². The van der Waals surface area contributed by atoms with Crippen LogP contribution in [0.1, 0.15) is 68.4 Å². The van der Waals surface area contributed by atoms with E-state index < -0.39 is 22.7 Å². The number of piperazine rings is 1. The topological polar surface area (TPSA) is 64.7 Å². The van der Waals surface area contributed by atoms with Crippen LogP contribution in [-0.2, 0) is 10.2 Å². The summed E-state index contributed by atoms with van der Waals surface area (Å²) in [6.45, 7) is 13.4. The van der Waals surface area contributed by atoms with Gasteiger partial charge in [0.15, 0.2) is 0 Å². The van der Waals surface area contributed by atoms with E-state index in [2.05, 4.69) is 20.4 Å². The third-order valence-corrected chi connectivity index (χ3v) is 9.20. The lowest BCUT2D eigenvalue weighted by Gasteiger charge is -2.39. The number of benzene rings is 1. The molecule has 2 aliphatic carbocycles. The van der Waals surface area contributed by atoms with Crippen molar-refractivity contribution in [2.24, 2.45) is 0 Å². The van der Waals surface area contributed by atoms with Gasteiger partial charge in [-0.3, -0.25) is 14.5 Å². The van der Waals surface area contributed by atoms with Crippen LogP contribution >= 0.6 is 0 Å². The summed E-state index contributed by atoms with van der Waals surface area (Å²) in [5.74, 6) is -0.235. The van der Waals surface area contributed by atoms with Crippen LogP contribution < -0.4 is 10.6 Å². The molecule has 3 atom stereocenters. The molecule has 1 saturated heterocycles. The second kappa shape index (κ2) is 15.9. The highest BCUT2D eigenvalue weighted by atomic mass is 19.4. The van der Waals surface area contributed by atoms with Crippen molar-refractivity contribution in [3.8, 4) is 0 Å². The molecule has 0 radical (unpaired) electrons. The molecule has 3 unspecified atom stereocenters. The summed E-state index contributed by atoms with van der Waals surface area (Å²) in [4.78, 5) is 31.4. The third-order valence-electron chi connectivity index (χ3n) is 9.20. The van der Waals surface area contributed by atoms with Gasteiger partial charge < -0.3 is 15.5 Å². The highest BCUT2D eigenvalue weighted by Crippen LogP contribution is 2.40. The molecule has 1 aliphatic heterocycles. The molecule has 48 heavy (non-hydrogen) atoms. The summed E-state index contributed by atoms with van der Waals surface area (Å²) >= 11 is 0. The van der Waals surface area contributed by atoms with Crippen molar-refractivity contribution < 1.29 is 22.8 Å². The highest BCUT2D eigenvalue weighted by Gasteiger charge is 2.37. The Morgan fingerprint density at radius 2 is 1.79 bits per heavy atom. The van der Waals surface area contributed by atoms with Crippen molar-refractivity contribution in [2.45, 2.75) is 77.1 Å². The van der Waals surface area contributed by atoms with Crippen molar-refractivity contribution in [1.29, 1.82) is 0 Å². The Balaban J connectivity index is 1.43. The first-order chi connectivity index (χ1) is 22.8. The molecule has 1 aromatic rings. The first-order valence-corrected chi connectivity index (χ1v) is 16.8. The summed E-state index contributed by atoms with van der Waals surface area (Å²) in [6.07, 6.45) is 19.0. The number of hydrogen-bond donors (Lipinski definition) is 2. The third kappa shape index (κ3) is 9.28. The molecule has 9 heteroatoms. The van der Waals surface area contributed by atoms with Crippen molar-refractivity contribution in [3.63, 3.8) is 0 Å². The van der Waals surface area contributed by atoms with E-state index in [1.54, 1.807) is 12.1 Å². The summed E-state index contributed by atoms with van der Waals surface area (Å²) in [6, 6.07) is 5.27. The van der Waals surface area contributed by atoms with Crippen LogP contribution in [0.5, 0.6) is 0 Å². The number of halogens is 3. The molecule has 2 N–H and O–H groups in total. The summed E-state index contributed by atoms with van der Waals surface area (Å²) < 4.78 is 39.9. The number of carbonyl (C=O) groups excluding carboxylic acids is 2. The fourth-order valence-corrected chi connectivity index (χ4v) is 6.27. The summed E-state index contributed by atoms with van der Waals surface area (Å²) in [5, 5.41) is 6.22. The Kier molecular flexibility index (Phi) is 12.1. The van der Waals surface area contributed by atoms with Gasteiger partial charge in [-0.15, -0.1) is 0 Å². The number of aryl methyl sites for hydroxylation is 1. The van der Waals surface area contributed by atoms with Crippen LogP contribution in [-0.4, -0.2) is 72.1 Å². The molecule has 2 amide bonds. The normalized spacial score (nSPS) is 24.0. The molecule has 1 fully saturated rings. The minimum Gasteiger partial charge on any atom is -0.369 e. The first-order valence-electron chi connectivity index (χ1n) is 16.8. The number of amides is 2. The van der Waals surface area contributed by atoms with Crippen molar-refractivity contribution in [1.82, 2.24) is 20.4 Å². The lowest BCUT2D eigenvalue weighted by Crippen LogP contribution is -2.54. The Bertz CT molecular complexity index is 1540. The van der Waals surface area contributed by atoms with Crippen LogP contribution in [0.4, 0.5) is 13.2 Å². The van der Waals surface area contributed by atoms with Gasteiger partial charge in [-0.05, 0) is 63.8 Å². The van der Waals surface area contributed by atoms with Gasteiger partial charge in [0.2, 0.25) is 5.91 Å². The largest absolute Gasteiger partial charge is 0.416 e. The molecule has 258 valence electrons. The first kappa shape index (κ1) is 36.7. The number of nitrogens with zero attached hydrogens (tertiary/aromatic N) is 2.